The Balaban J connectivity index is 2.05. The number of nitrogens with zero attached hydrogens (tertiary/aromatic N) is 2. The maximum atomic E-state index is 12.4. The van der Waals surface area contributed by atoms with Crippen LogP contribution in [-0.2, 0) is 11.3 Å². The van der Waals surface area contributed by atoms with E-state index in [1.54, 1.807) is 16.2 Å². The maximum Gasteiger partial charge on any atom is 0.327 e. The van der Waals surface area contributed by atoms with Crippen molar-refractivity contribution in [3.8, 4) is 0 Å². The second-order valence-corrected chi connectivity index (χ2v) is 6.23. The zero-order valence-electron chi connectivity index (χ0n) is 10.6. The molecule has 1 unspecified atom stereocenters. The van der Waals surface area contributed by atoms with Gasteiger partial charge in [-0.25, -0.2) is 9.59 Å². The van der Waals surface area contributed by atoms with Crippen LogP contribution >= 0.6 is 23.1 Å². The molecule has 104 valence electrons. The molecule has 0 radical (unpaired) electrons. The molecule has 1 saturated heterocycles. The topological polar surface area (TPSA) is 60.9 Å². The van der Waals surface area contributed by atoms with Crippen molar-refractivity contribution >= 4 is 35.1 Å². The Labute approximate surface area is 120 Å². The largest absolute Gasteiger partial charge is 0.480 e. The molecule has 0 bridgehead atoms. The van der Waals surface area contributed by atoms with E-state index in [1.165, 1.54) is 16.7 Å². The monoisotopic (exact) mass is 300 g/mol. The Bertz CT molecular complexity index is 450. The number of hydrogen-bond acceptors (Lipinski definition) is 4. The summed E-state index contributed by atoms with van der Waals surface area (Å²) in [6.07, 6.45) is 0. The molecule has 0 spiro atoms. The fourth-order valence-electron chi connectivity index (χ4n) is 1.92. The molecule has 1 aromatic rings. The number of carbonyl (C=O) groups excluding carboxylic acids is 1. The lowest BCUT2D eigenvalue weighted by Gasteiger charge is -2.28. The minimum atomic E-state index is -0.925. The van der Waals surface area contributed by atoms with Gasteiger partial charge < -0.3 is 14.9 Å². The molecule has 2 amide bonds. The number of urea groups is 1. The molecule has 0 saturated carbocycles. The van der Waals surface area contributed by atoms with Crippen molar-refractivity contribution in [3.63, 3.8) is 0 Å². The molecule has 1 N–H and O–H groups in total. The summed E-state index contributed by atoms with van der Waals surface area (Å²) in [6, 6.07) is 3.04. The van der Waals surface area contributed by atoms with E-state index in [9.17, 15) is 9.59 Å². The number of hydrogen-bond donors (Lipinski definition) is 1. The van der Waals surface area contributed by atoms with Crippen molar-refractivity contribution in [1.82, 2.24) is 9.80 Å². The van der Waals surface area contributed by atoms with Crippen molar-refractivity contribution in [2.24, 2.45) is 0 Å². The first-order valence-corrected chi connectivity index (χ1v) is 8.05. The first-order chi connectivity index (χ1) is 9.13. The van der Waals surface area contributed by atoms with E-state index in [2.05, 4.69) is 0 Å². The van der Waals surface area contributed by atoms with E-state index in [0.29, 0.717) is 24.7 Å². The van der Waals surface area contributed by atoms with Gasteiger partial charge in [0.25, 0.3) is 0 Å². The molecule has 7 heteroatoms. The van der Waals surface area contributed by atoms with Crippen LogP contribution in [0.1, 0.15) is 11.8 Å². The van der Waals surface area contributed by atoms with Gasteiger partial charge in [-0.2, -0.15) is 0 Å². The molecular weight excluding hydrogens is 284 g/mol. The highest BCUT2D eigenvalue weighted by atomic mass is 32.2. The van der Waals surface area contributed by atoms with Gasteiger partial charge in [-0.05, 0) is 18.4 Å². The first-order valence-electron chi connectivity index (χ1n) is 6.02. The molecule has 5 nitrogen and oxygen atoms in total. The Morgan fingerprint density at radius 1 is 1.58 bits per heavy atom. The van der Waals surface area contributed by atoms with Crippen molar-refractivity contribution in [2.45, 2.75) is 19.5 Å². The standard InChI is InChI=1S/C12H16N2O3S2/c1-2-13(6-9-4-3-5-19-9)12(17)14-8-18-7-10(14)11(15)16/h3-5,10H,2,6-8H2,1H3,(H,15,16). The van der Waals surface area contributed by atoms with Gasteiger partial charge in [-0.15, -0.1) is 23.1 Å². The third-order valence-corrected chi connectivity index (χ3v) is 4.87. The van der Waals surface area contributed by atoms with Gasteiger partial charge in [0, 0.05) is 17.2 Å². The van der Waals surface area contributed by atoms with Crippen LogP contribution in [0.4, 0.5) is 4.79 Å². The predicted molar refractivity (Wildman–Crippen MR) is 76.4 cm³/mol. The molecule has 1 aliphatic heterocycles. The lowest BCUT2D eigenvalue weighted by atomic mass is 10.3. The summed E-state index contributed by atoms with van der Waals surface area (Å²) in [7, 11) is 0. The van der Waals surface area contributed by atoms with E-state index in [4.69, 9.17) is 5.11 Å². The van der Waals surface area contributed by atoms with Gasteiger partial charge in [0.05, 0.1) is 12.4 Å². The summed E-state index contributed by atoms with van der Waals surface area (Å²) in [4.78, 5) is 27.8. The van der Waals surface area contributed by atoms with E-state index in [1.807, 2.05) is 24.4 Å². The van der Waals surface area contributed by atoms with Crippen molar-refractivity contribution in [2.75, 3.05) is 18.2 Å². The van der Waals surface area contributed by atoms with Crippen LogP contribution in [0.2, 0.25) is 0 Å². The van der Waals surface area contributed by atoms with Gasteiger partial charge in [0.2, 0.25) is 0 Å². The lowest BCUT2D eigenvalue weighted by Crippen LogP contribution is -2.48. The number of carboxylic acids is 1. The van der Waals surface area contributed by atoms with Gasteiger partial charge in [-0.1, -0.05) is 6.07 Å². The summed E-state index contributed by atoms with van der Waals surface area (Å²) in [5.74, 6) is -0.000468. The summed E-state index contributed by atoms with van der Waals surface area (Å²) in [6.45, 7) is 3.02. The van der Waals surface area contributed by atoms with Crippen molar-refractivity contribution < 1.29 is 14.7 Å². The fourth-order valence-corrected chi connectivity index (χ4v) is 3.78. The van der Waals surface area contributed by atoms with E-state index in [-0.39, 0.29) is 6.03 Å². The normalized spacial score (nSPS) is 18.6. The highest BCUT2D eigenvalue weighted by Crippen LogP contribution is 2.23. The number of amides is 2. The summed E-state index contributed by atoms with van der Waals surface area (Å²) in [5.41, 5.74) is 0. The van der Waals surface area contributed by atoms with Crippen LogP contribution in [0.25, 0.3) is 0 Å². The van der Waals surface area contributed by atoms with Crippen LogP contribution < -0.4 is 0 Å². The van der Waals surface area contributed by atoms with Crippen LogP contribution in [0.5, 0.6) is 0 Å². The van der Waals surface area contributed by atoms with Gasteiger partial charge >= 0.3 is 12.0 Å². The quantitative estimate of drug-likeness (QED) is 0.925. The summed E-state index contributed by atoms with van der Waals surface area (Å²) < 4.78 is 0. The Hall–Kier alpha value is -1.21. The van der Waals surface area contributed by atoms with Gasteiger partial charge in [0.15, 0.2) is 0 Å². The Kier molecular flexibility index (Phi) is 4.71. The smallest absolute Gasteiger partial charge is 0.327 e. The number of rotatable bonds is 4. The fraction of sp³-hybridized carbons (Fsp3) is 0.500. The zero-order valence-corrected chi connectivity index (χ0v) is 12.2. The number of thioether (sulfide) groups is 1. The minimum Gasteiger partial charge on any atom is -0.480 e. The highest BCUT2D eigenvalue weighted by molar-refractivity contribution is 7.99. The van der Waals surface area contributed by atoms with Gasteiger partial charge in [0.1, 0.15) is 6.04 Å². The Morgan fingerprint density at radius 2 is 2.37 bits per heavy atom. The third kappa shape index (κ3) is 3.22. The van der Waals surface area contributed by atoms with Crippen molar-refractivity contribution in [3.05, 3.63) is 22.4 Å². The molecule has 1 fully saturated rings. The van der Waals surface area contributed by atoms with E-state index < -0.39 is 12.0 Å². The maximum absolute atomic E-state index is 12.4. The average molecular weight is 300 g/mol. The average Bonchev–Trinajstić information content (AvgIpc) is 3.05. The van der Waals surface area contributed by atoms with Crippen LogP contribution in [-0.4, -0.2) is 51.1 Å². The first kappa shape index (κ1) is 14.2. The molecule has 2 heterocycles. The molecule has 19 heavy (non-hydrogen) atoms. The highest BCUT2D eigenvalue weighted by Gasteiger charge is 2.36. The molecular formula is C12H16N2O3S2. The minimum absolute atomic E-state index is 0.187. The Morgan fingerprint density at radius 3 is 2.95 bits per heavy atom. The molecule has 1 aliphatic rings. The molecule has 1 atom stereocenters. The molecule has 0 aliphatic carbocycles. The molecule has 1 aromatic heterocycles. The van der Waals surface area contributed by atoms with E-state index >= 15 is 0 Å². The SMILES string of the molecule is CCN(Cc1cccs1)C(=O)N1CSCC1C(=O)O. The summed E-state index contributed by atoms with van der Waals surface area (Å²) in [5, 5.41) is 11.1. The molecule has 2 rings (SSSR count). The number of carboxylic acid groups (broad SMARTS) is 1. The number of thiophene rings is 1. The van der Waals surface area contributed by atoms with Crippen LogP contribution in [0.3, 0.4) is 0 Å². The zero-order chi connectivity index (χ0) is 13.8. The van der Waals surface area contributed by atoms with Gasteiger partial charge in [-0.3, -0.25) is 0 Å². The van der Waals surface area contributed by atoms with Crippen LogP contribution in [0, 0.1) is 0 Å². The predicted octanol–water partition coefficient (Wildman–Crippen LogP) is 2.15. The second-order valence-electron chi connectivity index (χ2n) is 4.20. The van der Waals surface area contributed by atoms with Crippen LogP contribution in [0.15, 0.2) is 17.5 Å². The third-order valence-electron chi connectivity index (χ3n) is 2.99. The lowest BCUT2D eigenvalue weighted by molar-refractivity contribution is -0.140. The number of carbonyl (C=O) groups is 2. The molecule has 0 aromatic carbocycles. The summed E-state index contributed by atoms with van der Waals surface area (Å²) >= 11 is 3.08. The number of aliphatic carboxylic acids is 1. The van der Waals surface area contributed by atoms with Crippen molar-refractivity contribution in [1.29, 1.82) is 0 Å². The van der Waals surface area contributed by atoms with E-state index in [0.717, 1.165) is 4.88 Å². The second kappa shape index (κ2) is 6.29.